The van der Waals surface area contributed by atoms with Gasteiger partial charge in [-0.3, -0.25) is 19.7 Å². The van der Waals surface area contributed by atoms with E-state index in [1.165, 1.54) is 31.3 Å². The van der Waals surface area contributed by atoms with Crippen molar-refractivity contribution in [1.29, 1.82) is 0 Å². The molecular formula is C11H13N3O5. The molecular weight excluding hydrogens is 254 g/mol. The van der Waals surface area contributed by atoms with E-state index in [2.05, 4.69) is 10.6 Å². The van der Waals surface area contributed by atoms with Crippen molar-refractivity contribution in [2.75, 3.05) is 12.4 Å². The van der Waals surface area contributed by atoms with E-state index in [-0.39, 0.29) is 17.8 Å². The van der Waals surface area contributed by atoms with Crippen molar-refractivity contribution in [2.45, 2.75) is 12.5 Å². The van der Waals surface area contributed by atoms with Gasteiger partial charge in [-0.1, -0.05) is 6.07 Å². The van der Waals surface area contributed by atoms with E-state index in [9.17, 15) is 19.7 Å². The summed E-state index contributed by atoms with van der Waals surface area (Å²) in [6, 6.07) is 4.50. The van der Waals surface area contributed by atoms with Crippen LogP contribution in [0.3, 0.4) is 0 Å². The molecule has 0 aliphatic heterocycles. The standard InChI is InChI=1S/C11H13N3O5/c1-12-9(6-10(15)16)11(17)13-7-3-2-4-8(5-7)14(18)19/h2-5,9,12H,6H2,1H3,(H,13,17)(H,15,16)/t9-/m1/s1. The fraction of sp³-hybridized carbons (Fsp3) is 0.273. The molecule has 1 aromatic carbocycles. The lowest BCUT2D eigenvalue weighted by atomic mass is 10.2. The van der Waals surface area contributed by atoms with Crippen LogP contribution in [0.1, 0.15) is 6.42 Å². The Morgan fingerprint density at radius 1 is 1.47 bits per heavy atom. The molecule has 0 spiro atoms. The molecule has 0 aliphatic rings. The predicted octanol–water partition coefficient (Wildman–Crippen LogP) is 0.596. The van der Waals surface area contributed by atoms with E-state index < -0.39 is 22.8 Å². The Kier molecular flexibility index (Phi) is 4.95. The number of likely N-dealkylation sites (N-methyl/N-ethyl adjacent to an activating group) is 1. The monoisotopic (exact) mass is 267 g/mol. The summed E-state index contributed by atoms with van der Waals surface area (Å²) >= 11 is 0. The van der Waals surface area contributed by atoms with Crippen LogP contribution < -0.4 is 10.6 Å². The highest BCUT2D eigenvalue weighted by atomic mass is 16.6. The molecule has 0 fully saturated rings. The maximum atomic E-state index is 11.8. The Bertz CT molecular complexity index is 503. The maximum Gasteiger partial charge on any atom is 0.305 e. The maximum absolute atomic E-state index is 11.8. The minimum Gasteiger partial charge on any atom is -0.481 e. The highest BCUT2D eigenvalue weighted by Gasteiger charge is 2.20. The molecule has 1 amide bonds. The van der Waals surface area contributed by atoms with E-state index in [1.807, 2.05) is 0 Å². The number of non-ortho nitro benzene ring substituents is 1. The van der Waals surface area contributed by atoms with Crippen LogP contribution >= 0.6 is 0 Å². The zero-order valence-electron chi connectivity index (χ0n) is 10.1. The minimum atomic E-state index is -1.12. The Morgan fingerprint density at radius 3 is 2.68 bits per heavy atom. The van der Waals surface area contributed by atoms with Gasteiger partial charge in [-0.05, 0) is 13.1 Å². The van der Waals surface area contributed by atoms with Gasteiger partial charge in [0.15, 0.2) is 0 Å². The summed E-state index contributed by atoms with van der Waals surface area (Å²) in [5.74, 6) is -1.68. The van der Waals surface area contributed by atoms with E-state index >= 15 is 0 Å². The molecule has 0 heterocycles. The van der Waals surface area contributed by atoms with Crippen molar-refractivity contribution in [3.05, 3.63) is 34.4 Å². The fourth-order valence-electron chi connectivity index (χ4n) is 1.43. The number of nitro groups is 1. The fourth-order valence-corrected chi connectivity index (χ4v) is 1.43. The van der Waals surface area contributed by atoms with Gasteiger partial charge in [0.05, 0.1) is 17.4 Å². The molecule has 19 heavy (non-hydrogen) atoms. The summed E-state index contributed by atoms with van der Waals surface area (Å²) in [7, 11) is 1.46. The van der Waals surface area contributed by atoms with Gasteiger partial charge in [0, 0.05) is 17.8 Å². The third-order valence-electron chi connectivity index (χ3n) is 2.37. The van der Waals surface area contributed by atoms with E-state index in [1.54, 1.807) is 0 Å². The second kappa shape index (κ2) is 6.45. The lowest BCUT2D eigenvalue weighted by Gasteiger charge is -2.13. The van der Waals surface area contributed by atoms with Crippen LogP contribution in [0.2, 0.25) is 0 Å². The van der Waals surface area contributed by atoms with Gasteiger partial charge in [-0.2, -0.15) is 0 Å². The van der Waals surface area contributed by atoms with Crippen molar-refractivity contribution in [3.63, 3.8) is 0 Å². The minimum absolute atomic E-state index is 0.156. The number of hydrogen-bond acceptors (Lipinski definition) is 5. The van der Waals surface area contributed by atoms with Crippen molar-refractivity contribution >= 4 is 23.3 Å². The average Bonchev–Trinajstić information content (AvgIpc) is 2.35. The van der Waals surface area contributed by atoms with Crippen molar-refractivity contribution < 1.29 is 19.6 Å². The number of benzene rings is 1. The predicted molar refractivity (Wildman–Crippen MR) is 66.8 cm³/mol. The molecule has 0 bridgehead atoms. The van der Waals surface area contributed by atoms with Gasteiger partial charge < -0.3 is 15.7 Å². The van der Waals surface area contributed by atoms with Crippen molar-refractivity contribution in [3.8, 4) is 0 Å². The first-order chi connectivity index (χ1) is 8.93. The third-order valence-corrected chi connectivity index (χ3v) is 2.37. The number of aliphatic carboxylic acids is 1. The molecule has 8 heteroatoms. The number of hydrogen-bond donors (Lipinski definition) is 3. The summed E-state index contributed by atoms with van der Waals surface area (Å²) in [6.45, 7) is 0. The van der Waals surface area contributed by atoms with E-state index in [0.717, 1.165) is 0 Å². The molecule has 102 valence electrons. The second-order valence-corrected chi connectivity index (χ2v) is 3.74. The van der Waals surface area contributed by atoms with Crippen molar-refractivity contribution in [2.24, 2.45) is 0 Å². The number of carbonyl (C=O) groups is 2. The van der Waals surface area contributed by atoms with Gasteiger partial charge in [0.2, 0.25) is 5.91 Å². The summed E-state index contributed by atoms with van der Waals surface area (Å²) < 4.78 is 0. The van der Waals surface area contributed by atoms with Crippen LogP contribution in [0.5, 0.6) is 0 Å². The summed E-state index contributed by atoms with van der Waals surface area (Å²) in [5, 5.41) is 24.2. The number of carboxylic acids is 1. The first-order valence-corrected chi connectivity index (χ1v) is 5.38. The third kappa shape index (κ3) is 4.36. The summed E-state index contributed by atoms with van der Waals surface area (Å²) in [4.78, 5) is 32.3. The van der Waals surface area contributed by atoms with Crippen LogP contribution in [0.25, 0.3) is 0 Å². The highest BCUT2D eigenvalue weighted by molar-refractivity contribution is 5.97. The normalized spacial score (nSPS) is 11.6. The Balaban J connectivity index is 2.78. The van der Waals surface area contributed by atoms with E-state index in [4.69, 9.17) is 5.11 Å². The molecule has 0 saturated carbocycles. The van der Waals surface area contributed by atoms with Gasteiger partial charge >= 0.3 is 5.97 Å². The molecule has 1 atom stereocenters. The second-order valence-electron chi connectivity index (χ2n) is 3.74. The molecule has 1 rings (SSSR count). The smallest absolute Gasteiger partial charge is 0.305 e. The lowest BCUT2D eigenvalue weighted by Crippen LogP contribution is -2.40. The Morgan fingerprint density at radius 2 is 2.16 bits per heavy atom. The zero-order valence-corrected chi connectivity index (χ0v) is 10.1. The number of rotatable bonds is 6. The number of anilines is 1. The summed E-state index contributed by atoms with van der Waals surface area (Å²) in [6.07, 6.45) is -0.378. The van der Waals surface area contributed by atoms with Gasteiger partial charge in [-0.25, -0.2) is 0 Å². The first kappa shape index (κ1) is 14.6. The first-order valence-electron chi connectivity index (χ1n) is 5.38. The number of carbonyl (C=O) groups excluding carboxylic acids is 1. The molecule has 0 radical (unpaired) electrons. The molecule has 3 N–H and O–H groups in total. The molecule has 0 unspecified atom stereocenters. The van der Waals surface area contributed by atoms with Crippen molar-refractivity contribution in [1.82, 2.24) is 5.32 Å². The number of nitro benzene ring substituents is 1. The number of nitrogens with one attached hydrogen (secondary N) is 2. The van der Waals surface area contributed by atoms with Gasteiger partial charge in [-0.15, -0.1) is 0 Å². The Hall–Kier alpha value is -2.48. The molecule has 0 aromatic heterocycles. The molecule has 1 aromatic rings. The van der Waals surface area contributed by atoms with Crippen LogP contribution in [0, 0.1) is 10.1 Å². The number of nitrogens with zero attached hydrogens (tertiary/aromatic N) is 1. The molecule has 0 saturated heterocycles. The number of amides is 1. The quantitative estimate of drug-likeness (QED) is 0.512. The Labute approximate surface area is 108 Å². The average molecular weight is 267 g/mol. The van der Waals surface area contributed by atoms with Crippen LogP contribution in [-0.4, -0.2) is 35.0 Å². The van der Waals surface area contributed by atoms with Gasteiger partial charge in [0.1, 0.15) is 0 Å². The largest absolute Gasteiger partial charge is 0.481 e. The topological polar surface area (TPSA) is 122 Å². The zero-order chi connectivity index (χ0) is 14.4. The van der Waals surface area contributed by atoms with Gasteiger partial charge in [0.25, 0.3) is 5.69 Å². The van der Waals surface area contributed by atoms with Crippen LogP contribution in [0.4, 0.5) is 11.4 Å². The number of carboxylic acid groups (broad SMARTS) is 1. The molecule has 0 aliphatic carbocycles. The summed E-state index contributed by atoms with van der Waals surface area (Å²) in [5.41, 5.74) is 0.0851. The molecule has 8 nitrogen and oxygen atoms in total. The highest BCUT2D eigenvalue weighted by Crippen LogP contribution is 2.17. The SMILES string of the molecule is CN[C@H](CC(=O)O)C(=O)Nc1cccc([N+](=O)[O-])c1. The van der Waals surface area contributed by atoms with Crippen LogP contribution in [-0.2, 0) is 9.59 Å². The van der Waals surface area contributed by atoms with Crippen LogP contribution in [0.15, 0.2) is 24.3 Å². The van der Waals surface area contributed by atoms with E-state index in [0.29, 0.717) is 0 Å². The lowest BCUT2D eigenvalue weighted by molar-refractivity contribution is -0.384.